The van der Waals surface area contributed by atoms with E-state index in [2.05, 4.69) is 9.97 Å². The van der Waals surface area contributed by atoms with Gasteiger partial charge in [0.2, 0.25) is 0 Å². The van der Waals surface area contributed by atoms with Crippen LogP contribution in [0.4, 0.5) is 0 Å². The van der Waals surface area contributed by atoms with Gasteiger partial charge in [-0.1, -0.05) is 0 Å². The largest absolute Gasteiger partial charge is 0.297 e. The van der Waals surface area contributed by atoms with Crippen molar-refractivity contribution in [3.05, 3.63) is 34.9 Å². The van der Waals surface area contributed by atoms with Crippen molar-refractivity contribution < 1.29 is 13.2 Å². The molecule has 0 aliphatic rings. The second-order valence-corrected chi connectivity index (χ2v) is 10.1. The van der Waals surface area contributed by atoms with Crippen molar-refractivity contribution in [2.75, 3.05) is 0 Å². The van der Waals surface area contributed by atoms with Crippen molar-refractivity contribution in [1.29, 1.82) is 0 Å². The monoisotopic (exact) mass is 352 g/mol. The van der Waals surface area contributed by atoms with Crippen LogP contribution in [-0.4, -0.2) is 34.2 Å². The highest BCUT2D eigenvalue weighted by molar-refractivity contribution is 7.94. The van der Waals surface area contributed by atoms with Gasteiger partial charge < -0.3 is 0 Å². The second-order valence-electron chi connectivity index (χ2n) is 6.07. The fraction of sp³-hybridized carbons (Fsp3) is 0.438. The van der Waals surface area contributed by atoms with E-state index in [1.165, 1.54) is 25.2 Å². The summed E-state index contributed by atoms with van der Waals surface area (Å²) in [5, 5.41) is 1.87. The van der Waals surface area contributed by atoms with Crippen molar-refractivity contribution in [1.82, 2.24) is 9.97 Å². The number of Topliss-reactive ketones (excluding diaryl/α,β-unsaturated/α-hetero) is 1. The van der Waals surface area contributed by atoms with E-state index < -0.39 is 19.8 Å². The highest BCUT2D eigenvalue weighted by Gasteiger charge is 2.43. The number of ketones is 1. The summed E-state index contributed by atoms with van der Waals surface area (Å²) in [4.78, 5) is 21.0. The average Bonchev–Trinajstić information content (AvgIpc) is 2.96. The molecule has 2 aromatic heterocycles. The summed E-state index contributed by atoms with van der Waals surface area (Å²) in [7, 11) is -3.52. The van der Waals surface area contributed by atoms with Gasteiger partial charge in [0.15, 0.2) is 15.6 Å². The van der Waals surface area contributed by atoms with E-state index in [1.807, 2.05) is 17.5 Å². The minimum atomic E-state index is -3.52. The predicted molar refractivity (Wildman–Crippen MR) is 92.2 cm³/mol. The fourth-order valence-corrected chi connectivity index (χ4v) is 4.51. The predicted octanol–water partition coefficient (Wildman–Crippen LogP) is 2.92. The molecule has 0 saturated carbocycles. The van der Waals surface area contributed by atoms with E-state index in [0.717, 1.165) is 11.3 Å². The Morgan fingerprint density at radius 2 is 2.04 bits per heavy atom. The molecule has 2 rings (SSSR count). The topological polar surface area (TPSA) is 77.0 Å². The third kappa shape index (κ3) is 3.50. The number of thiazole rings is 1. The van der Waals surface area contributed by atoms with Crippen LogP contribution in [0.2, 0.25) is 0 Å². The van der Waals surface area contributed by atoms with Gasteiger partial charge in [0, 0.05) is 23.3 Å². The maximum absolute atomic E-state index is 12.5. The molecule has 0 bridgehead atoms. The lowest BCUT2D eigenvalue weighted by atomic mass is 10.1. The molecule has 0 aliphatic carbocycles. The van der Waals surface area contributed by atoms with Crippen LogP contribution >= 0.6 is 11.3 Å². The van der Waals surface area contributed by atoms with Gasteiger partial charge in [0.25, 0.3) is 0 Å². The number of carbonyl (C=O) groups is 1. The number of hydrogen-bond donors (Lipinski definition) is 0. The second kappa shape index (κ2) is 6.49. The van der Waals surface area contributed by atoms with Crippen LogP contribution in [0, 0.1) is 0 Å². The molecule has 0 aromatic carbocycles. The van der Waals surface area contributed by atoms with Gasteiger partial charge in [-0.3, -0.25) is 9.78 Å². The molecule has 0 fully saturated rings. The van der Waals surface area contributed by atoms with Crippen molar-refractivity contribution in [2.24, 2.45) is 0 Å². The SMILES string of the molecule is CC(C)S(=O)(=O)C(C)(C)C(=O)Cc1nc(-c2cccnc2)cs1. The van der Waals surface area contributed by atoms with Crippen LogP contribution in [0.1, 0.15) is 32.7 Å². The lowest BCUT2D eigenvalue weighted by Gasteiger charge is -2.25. The Balaban J connectivity index is 2.20. The molecule has 0 radical (unpaired) electrons. The van der Waals surface area contributed by atoms with Gasteiger partial charge in [-0.05, 0) is 39.8 Å². The zero-order valence-corrected chi connectivity index (χ0v) is 15.2. The summed E-state index contributed by atoms with van der Waals surface area (Å²) < 4.78 is 23.3. The lowest BCUT2D eigenvalue weighted by molar-refractivity contribution is -0.120. The molecule has 7 heteroatoms. The van der Waals surface area contributed by atoms with Crippen LogP contribution < -0.4 is 0 Å². The van der Waals surface area contributed by atoms with Gasteiger partial charge >= 0.3 is 0 Å². The third-order valence-electron chi connectivity index (χ3n) is 3.82. The Kier molecular flexibility index (Phi) is 5.01. The highest BCUT2D eigenvalue weighted by atomic mass is 32.2. The van der Waals surface area contributed by atoms with Crippen LogP contribution in [0.15, 0.2) is 29.9 Å². The minimum absolute atomic E-state index is 0.0177. The van der Waals surface area contributed by atoms with Gasteiger partial charge in [-0.2, -0.15) is 0 Å². The Morgan fingerprint density at radius 3 is 2.61 bits per heavy atom. The molecule has 2 aromatic rings. The normalized spacial score (nSPS) is 12.6. The van der Waals surface area contributed by atoms with Crippen LogP contribution in [0.25, 0.3) is 11.3 Å². The Bertz CT molecular complexity index is 794. The first-order valence-electron chi connectivity index (χ1n) is 7.28. The number of aromatic nitrogens is 2. The van der Waals surface area contributed by atoms with Gasteiger partial charge in [0.05, 0.1) is 17.4 Å². The smallest absolute Gasteiger partial charge is 0.164 e. The molecule has 0 atom stereocenters. The standard InChI is InChI=1S/C16H20N2O3S2/c1-11(2)23(20,21)16(3,4)14(19)8-15-18-13(10-22-15)12-6-5-7-17-9-12/h5-7,9-11H,8H2,1-4H3. The maximum atomic E-state index is 12.5. The molecule has 0 amide bonds. The summed E-state index contributed by atoms with van der Waals surface area (Å²) in [6.45, 7) is 6.13. The maximum Gasteiger partial charge on any atom is 0.164 e. The number of rotatable bonds is 6. The van der Waals surface area contributed by atoms with E-state index in [9.17, 15) is 13.2 Å². The van der Waals surface area contributed by atoms with Crippen LogP contribution in [0.5, 0.6) is 0 Å². The molecular formula is C16H20N2O3S2. The molecular weight excluding hydrogens is 332 g/mol. The molecule has 0 aliphatic heterocycles. The zero-order valence-electron chi connectivity index (χ0n) is 13.6. The van der Waals surface area contributed by atoms with E-state index >= 15 is 0 Å². The van der Waals surface area contributed by atoms with Crippen LogP contribution in [0.3, 0.4) is 0 Å². The van der Waals surface area contributed by atoms with Crippen LogP contribution in [-0.2, 0) is 21.1 Å². The number of carbonyl (C=O) groups excluding carboxylic acids is 1. The first kappa shape index (κ1) is 17.7. The average molecular weight is 352 g/mol. The van der Waals surface area contributed by atoms with Gasteiger partial charge in [-0.25, -0.2) is 13.4 Å². The zero-order chi connectivity index (χ0) is 17.3. The first-order valence-corrected chi connectivity index (χ1v) is 9.70. The van der Waals surface area contributed by atoms with E-state index in [0.29, 0.717) is 5.01 Å². The quantitative estimate of drug-likeness (QED) is 0.799. The summed E-state index contributed by atoms with van der Waals surface area (Å²) >= 11 is 1.35. The lowest BCUT2D eigenvalue weighted by Crippen LogP contribution is -2.45. The Hall–Kier alpha value is -1.60. The molecule has 23 heavy (non-hydrogen) atoms. The molecule has 0 saturated heterocycles. The Labute approximate surface area is 140 Å². The molecule has 124 valence electrons. The summed E-state index contributed by atoms with van der Waals surface area (Å²) in [5.74, 6) is -0.335. The highest BCUT2D eigenvalue weighted by Crippen LogP contribution is 2.26. The Morgan fingerprint density at radius 1 is 1.35 bits per heavy atom. The summed E-state index contributed by atoms with van der Waals surface area (Å²) in [6, 6.07) is 3.71. The van der Waals surface area contributed by atoms with Crippen molar-refractivity contribution >= 4 is 27.0 Å². The molecule has 5 nitrogen and oxygen atoms in total. The van der Waals surface area contributed by atoms with Gasteiger partial charge in [0.1, 0.15) is 9.75 Å². The number of sulfone groups is 1. The fourth-order valence-electron chi connectivity index (χ4n) is 2.14. The van der Waals surface area contributed by atoms with Crippen molar-refractivity contribution in [3.63, 3.8) is 0 Å². The van der Waals surface area contributed by atoms with E-state index in [1.54, 1.807) is 26.2 Å². The number of pyridine rings is 1. The van der Waals surface area contributed by atoms with E-state index in [4.69, 9.17) is 0 Å². The number of nitrogens with zero attached hydrogens (tertiary/aromatic N) is 2. The third-order valence-corrected chi connectivity index (χ3v) is 7.56. The first-order chi connectivity index (χ1) is 10.7. The van der Waals surface area contributed by atoms with Crippen molar-refractivity contribution in [3.8, 4) is 11.3 Å². The molecule has 0 spiro atoms. The van der Waals surface area contributed by atoms with E-state index in [-0.39, 0.29) is 12.2 Å². The molecule has 2 heterocycles. The summed E-state index contributed by atoms with van der Waals surface area (Å²) in [5.41, 5.74) is 1.62. The van der Waals surface area contributed by atoms with Crippen molar-refractivity contribution in [2.45, 2.75) is 44.1 Å². The number of hydrogen-bond acceptors (Lipinski definition) is 6. The minimum Gasteiger partial charge on any atom is -0.297 e. The molecule has 0 N–H and O–H groups in total. The van der Waals surface area contributed by atoms with Gasteiger partial charge in [-0.15, -0.1) is 11.3 Å². The summed E-state index contributed by atoms with van der Waals surface area (Å²) in [6.07, 6.45) is 3.40. The molecule has 0 unspecified atom stereocenters.